The van der Waals surface area contributed by atoms with Gasteiger partial charge in [-0.25, -0.2) is 18.9 Å². The number of hydrogen-bond acceptors (Lipinski definition) is 6. The number of nitrogens with zero attached hydrogens (tertiary/aromatic N) is 7. The molecule has 0 aliphatic carbocycles. The zero-order valence-corrected chi connectivity index (χ0v) is 25.0. The number of aryl methyl sites for hydroxylation is 1. The highest BCUT2D eigenvalue weighted by Crippen LogP contribution is 2.40. The van der Waals surface area contributed by atoms with Crippen molar-refractivity contribution in [3.63, 3.8) is 0 Å². The fourth-order valence-electron chi connectivity index (χ4n) is 7.01. The number of nitrogens with one attached hydrogen (secondary N) is 1. The Morgan fingerprint density at radius 3 is 2.42 bits per heavy atom. The predicted octanol–water partition coefficient (Wildman–Crippen LogP) is 5.54. The van der Waals surface area contributed by atoms with E-state index < -0.39 is 0 Å². The lowest BCUT2D eigenvalue weighted by molar-refractivity contribution is 0.0802. The largest absolute Gasteiger partial charge is 0.353 e. The summed E-state index contributed by atoms with van der Waals surface area (Å²) in [7, 11) is 0. The van der Waals surface area contributed by atoms with Gasteiger partial charge in [0.25, 0.3) is 0 Å². The van der Waals surface area contributed by atoms with E-state index in [4.69, 9.17) is 4.98 Å². The van der Waals surface area contributed by atoms with Crippen molar-refractivity contribution < 1.29 is 4.39 Å². The van der Waals surface area contributed by atoms with Crippen molar-refractivity contribution in [2.45, 2.75) is 85.4 Å². The summed E-state index contributed by atoms with van der Waals surface area (Å²) in [6.45, 7) is 20.2. The minimum atomic E-state index is -0.217. The van der Waals surface area contributed by atoms with Crippen LogP contribution in [-0.4, -0.2) is 85.2 Å². The summed E-state index contributed by atoms with van der Waals surface area (Å²) < 4.78 is 18.4. The predicted molar refractivity (Wildman–Crippen MR) is 160 cm³/mol. The fourth-order valence-corrected chi connectivity index (χ4v) is 7.01. The Morgan fingerprint density at radius 1 is 1.00 bits per heavy atom. The molecule has 8 nitrogen and oxygen atoms in total. The lowest BCUT2D eigenvalue weighted by Crippen LogP contribution is -2.57. The molecule has 214 valence electrons. The van der Waals surface area contributed by atoms with Gasteiger partial charge in [0.05, 0.1) is 17.4 Å². The Kier molecular flexibility index (Phi) is 7.07. The molecule has 4 aromatic heterocycles. The van der Waals surface area contributed by atoms with Crippen LogP contribution in [0.5, 0.6) is 0 Å². The molecule has 2 aliphatic heterocycles. The molecule has 1 unspecified atom stereocenters. The average Bonchev–Trinajstić information content (AvgIpc) is 3.57. The van der Waals surface area contributed by atoms with Gasteiger partial charge in [0.1, 0.15) is 6.33 Å². The molecular formula is C31H43FN8. The van der Waals surface area contributed by atoms with Gasteiger partial charge in [-0.2, -0.15) is 5.10 Å². The number of halogens is 1. The monoisotopic (exact) mass is 546 g/mol. The number of aromatic nitrogens is 5. The molecule has 0 saturated carbocycles. The second kappa shape index (κ2) is 10.4. The van der Waals surface area contributed by atoms with Crippen LogP contribution in [0, 0.1) is 19.7 Å². The van der Waals surface area contributed by atoms with Crippen molar-refractivity contribution in [1.29, 1.82) is 0 Å². The van der Waals surface area contributed by atoms with E-state index in [1.165, 1.54) is 25.9 Å². The number of hydrogen-bond donors (Lipinski definition) is 1. The molecule has 9 heteroatoms. The average molecular weight is 547 g/mol. The maximum Gasteiger partial charge on any atom is 0.175 e. The molecule has 6 rings (SSSR count). The summed E-state index contributed by atoms with van der Waals surface area (Å²) in [5, 5.41) is 5.03. The van der Waals surface area contributed by atoms with Gasteiger partial charge in [0, 0.05) is 54.9 Å². The van der Waals surface area contributed by atoms with Gasteiger partial charge in [0.2, 0.25) is 0 Å². The summed E-state index contributed by atoms with van der Waals surface area (Å²) in [5.74, 6) is 0.373. The Labute approximate surface area is 236 Å². The van der Waals surface area contributed by atoms with Gasteiger partial charge in [-0.05, 0) is 83.2 Å². The maximum absolute atomic E-state index is 16.6. The maximum atomic E-state index is 16.6. The van der Waals surface area contributed by atoms with E-state index in [0.29, 0.717) is 23.3 Å². The Morgan fingerprint density at radius 2 is 1.75 bits per heavy atom. The number of pyridine rings is 2. The second-order valence-corrected chi connectivity index (χ2v) is 12.5. The highest BCUT2D eigenvalue weighted by molar-refractivity contribution is 5.94. The zero-order chi connectivity index (χ0) is 28.3. The first-order valence-corrected chi connectivity index (χ1v) is 14.9. The van der Waals surface area contributed by atoms with Gasteiger partial charge >= 0.3 is 0 Å². The molecular weight excluding hydrogens is 503 g/mol. The van der Waals surface area contributed by atoms with Crippen molar-refractivity contribution in [3.05, 3.63) is 41.2 Å². The molecule has 2 saturated heterocycles. The Balaban J connectivity index is 1.32. The molecule has 2 aliphatic rings. The Bertz CT molecular complexity index is 1530. The summed E-state index contributed by atoms with van der Waals surface area (Å²) in [5.41, 5.74) is 6.71. The minimum Gasteiger partial charge on any atom is -0.353 e. The van der Waals surface area contributed by atoms with E-state index in [9.17, 15) is 0 Å². The van der Waals surface area contributed by atoms with Crippen LogP contribution in [0.4, 0.5) is 10.2 Å². The number of likely N-dealkylation sites (tertiary alicyclic amines) is 1. The van der Waals surface area contributed by atoms with Crippen molar-refractivity contribution >= 4 is 22.4 Å². The van der Waals surface area contributed by atoms with Gasteiger partial charge < -0.3 is 14.8 Å². The summed E-state index contributed by atoms with van der Waals surface area (Å²) >= 11 is 0. The first-order valence-electron chi connectivity index (χ1n) is 14.9. The molecule has 0 aromatic carbocycles. The smallest absolute Gasteiger partial charge is 0.175 e. The van der Waals surface area contributed by atoms with E-state index >= 15 is 4.39 Å². The normalized spacial score (nSPS) is 20.1. The first kappa shape index (κ1) is 27.1. The van der Waals surface area contributed by atoms with Crippen molar-refractivity contribution in [2.24, 2.45) is 0 Å². The number of rotatable bonds is 5. The van der Waals surface area contributed by atoms with Crippen LogP contribution in [0.25, 0.3) is 27.8 Å². The third kappa shape index (κ3) is 4.47. The van der Waals surface area contributed by atoms with Gasteiger partial charge in [-0.3, -0.25) is 4.90 Å². The number of piperazine rings is 1. The molecule has 2 fully saturated rings. The van der Waals surface area contributed by atoms with Crippen LogP contribution < -0.4 is 4.90 Å². The summed E-state index contributed by atoms with van der Waals surface area (Å²) in [6, 6.07) is 1.43. The van der Waals surface area contributed by atoms with Gasteiger partial charge in [0.15, 0.2) is 17.3 Å². The quantitative estimate of drug-likeness (QED) is 0.355. The first-order chi connectivity index (χ1) is 19.2. The molecule has 0 amide bonds. The lowest BCUT2D eigenvalue weighted by Gasteiger charge is -2.46. The third-order valence-electron chi connectivity index (χ3n) is 9.45. The van der Waals surface area contributed by atoms with E-state index in [-0.39, 0.29) is 17.8 Å². The van der Waals surface area contributed by atoms with Crippen LogP contribution in [0.15, 0.2) is 18.7 Å². The number of anilines is 1. The third-order valence-corrected chi connectivity index (χ3v) is 9.45. The number of H-pyrrole nitrogens is 1. The molecule has 1 N–H and O–H groups in total. The van der Waals surface area contributed by atoms with Crippen LogP contribution in [0.3, 0.4) is 0 Å². The van der Waals surface area contributed by atoms with Crippen molar-refractivity contribution in [1.82, 2.24) is 34.4 Å². The number of fused-ring (bicyclic) bond motifs is 2. The van der Waals surface area contributed by atoms with E-state index in [1.54, 1.807) is 10.8 Å². The minimum absolute atomic E-state index is 0.116. The molecule has 1 atom stereocenters. The fraction of sp³-hybridized carbons (Fsp3) is 0.581. The topological polar surface area (TPSA) is 68.6 Å². The van der Waals surface area contributed by atoms with Gasteiger partial charge in [-0.15, -0.1) is 0 Å². The summed E-state index contributed by atoms with van der Waals surface area (Å²) in [6.07, 6.45) is 7.82. The van der Waals surface area contributed by atoms with E-state index in [0.717, 1.165) is 58.7 Å². The van der Waals surface area contributed by atoms with Crippen molar-refractivity contribution in [2.75, 3.05) is 37.6 Å². The molecule has 0 bridgehead atoms. The van der Waals surface area contributed by atoms with Crippen molar-refractivity contribution in [3.8, 4) is 11.3 Å². The van der Waals surface area contributed by atoms with Gasteiger partial charge in [-0.1, -0.05) is 13.8 Å². The standard InChI is InChI=1S/C31H43FN8/c1-18(2)26-27-25(36-29(26)24-16-40-30(34-17-35-40)22(7)21(24)6)14-33-31(28(27)32)39-13-12-38(15-20(39)5)23-8-10-37(11-9-23)19(3)4/h14,16-20,23,36H,8-13,15H2,1-7H3. The number of aromatic amines is 1. The zero-order valence-electron chi connectivity index (χ0n) is 25.0. The number of piperidine rings is 1. The highest BCUT2D eigenvalue weighted by Gasteiger charge is 2.33. The van der Waals surface area contributed by atoms with Crippen LogP contribution >= 0.6 is 0 Å². The Hall–Kier alpha value is -3.04. The molecule has 6 heterocycles. The van der Waals surface area contributed by atoms with Crippen LogP contribution in [0.2, 0.25) is 0 Å². The molecule has 40 heavy (non-hydrogen) atoms. The van der Waals surface area contributed by atoms with Crippen LogP contribution in [-0.2, 0) is 0 Å². The highest BCUT2D eigenvalue weighted by atomic mass is 19.1. The van der Waals surface area contributed by atoms with E-state index in [2.05, 4.69) is 78.2 Å². The van der Waals surface area contributed by atoms with E-state index in [1.807, 2.05) is 12.4 Å². The molecule has 4 aromatic rings. The molecule has 0 radical (unpaired) electrons. The molecule has 0 spiro atoms. The van der Waals surface area contributed by atoms with Crippen LogP contribution in [0.1, 0.15) is 70.1 Å². The summed E-state index contributed by atoms with van der Waals surface area (Å²) in [4.78, 5) is 20.0. The second-order valence-electron chi connectivity index (χ2n) is 12.5. The SMILES string of the molecule is Cc1c(-c2[nH]c3cnc(N4CCN(C5CCN(C(C)C)CC5)CC4C)c(F)c3c2C(C)C)cn2ncnc2c1C. The lowest BCUT2D eigenvalue weighted by atomic mass is 9.94.